The highest BCUT2D eigenvalue weighted by Gasteiger charge is 2.41. The van der Waals surface area contributed by atoms with Crippen LogP contribution >= 0.6 is 0 Å². The van der Waals surface area contributed by atoms with E-state index in [0.717, 1.165) is 49.6 Å². The summed E-state index contributed by atoms with van der Waals surface area (Å²) in [5.41, 5.74) is 3.80. The largest absolute Gasteiger partial charge is 0.497 e. The molecule has 2 aromatic carbocycles. The quantitative estimate of drug-likeness (QED) is 0.919. The zero-order valence-electron chi connectivity index (χ0n) is 14.6. The molecule has 2 aromatic rings. The Morgan fingerprint density at radius 2 is 1.96 bits per heavy atom. The second-order valence-corrected chi connectivity index (χ2v) is 6.87. The molecule has 4 heteroatoms. The predicted molar refractivity (Wildman–Crippen MR) is 100 cm³/mol. The summed E-state index contributed by atoms with van der Waals surface area (Å²) >= 11 is 0. The summed E-state index contributed by atoms with van der Waals surface area (Å²) in [4.78, 5) is 5.00. The summed E-state index contributed by atoms with van der Waals surface area (Å²) < 4.78 is 10.9. The number of fused-ring (bicyclic) bond motifs is 1. The summed E-state index contributed by atoms with van der Waals surface area (Å²) in [6.07, 6.45) is 3.08. The molecule has 25 heavy (non-hydrogen) atoms. The first-order valence-electron chi connectivity index (χ1n) is 8.90. The molecule has 0 bridgehead atoms. The molecule has 0 aliphatic carbocycles. The molecule has 4 nitrogen and oxygen atoms in total. The smallest absolute Gasteiger partial charge is 0.119 e. The standard InChI is InChI=1S/C21H24N2O2/c1-24-18-7-4-5-16(13-18)15-22-20-21(9-11-25-12-10-21)14-17-6-2-3-8-19(17)23-20/h2-8,13H,9-12,14-15H2,1H3,(H,22,23). The number of aliphatic imine (C=N–C) groups is 1. The summed E-state index contributed by atoms with van der Waals surface area (Å²) in [5, 5.41) is 3.62. The van der Waals surface area contributed by atoms with E-state index >= 15 is 0 Å². The van der Waals surface area contributed by atoms with E-state index in [2.05, 4.69) is 41.7 Å². The molecule has 0 amide bonds. The predicted octanol–water partition coefficient (Wildman–Crippen LogP) is 4.06. The van der Waals surface area contributed by atoms with E-state index in [1.54, 1.807) is 7.11 Å². The Hall–Kier alpha value is -2.33. The normalized spacial score (nSPS) is 20.1. The molecule has 0 atom stereocenters. The molecule has 1 fully saturated rings. The maximum Gasteiger partial charge on any atom is 0.119 e. The van der Waals surface area contributed by atoms with Crippen molar-refractivity contribution in [3.8, 4) is 5.75 Å². The van der Waals surface area contributed by atoms with Crippen molar-refractivity contribution in [3.05, 3.63) is 59.7 Å². The molecule has 1 N–H and O–H groups in total. The minimum Gasteiger partial charge on any atom is -0.497 e. The molecule has 2 heterocycles. The van der Waals surface area contributed by atoms with E-state index in [9.17, 15) is 0 Å². The van der Waals surface area contributed by atoms with Crippen LogP contribution in [0.4, 0.5) is 5.69 Å². The van der Waals surface area contributed by atoms with Gasteiger partial charge >= 0.3 is 0 Å². The fourth-order valence-corrected chi connectivity index (χ4v) is 3.83. The lowest BCUT2D eigenvalue weighted by Gasteiger charge is -2.42. The van der Waals surface area contributed by atoms with Gasteiger partial charge in [0.15, 0.2) is 0 Å². The van der Waals surface area contributed by atoms with Crippen LogP contribution in [0, 0.1) is 5.41 Å². The number of hydrogen-bond acceptors (Lipinski definition) is 3. The topological polar surface area (TPSA) is 42.8 Å². The lowest BCUT2D eigenvalue weighted by atomic mass is 9.71. The van der Waals surface area contributed by atoms with Gasteiger partial charge in [-0.15, -0.1) is 0 Å². The van der Waals surface area contributed by atoms with Gasteiger partial charge < -0.3 is 14.8 Å². The lowest BCUT2D eigenvalue weighted by Crippen LogP contribution is -2.45. The number of amidine groups is 1. The van der Waals surface area contributed by atoms with Crippen molar-refractivity contribution in [2.45, 2.75) is 25.8 Å². The molecule has 4 rings (SSSR count). The van der Waals surface area contributed by atoms with Gasteiger partial charge in [-0.1, -0.05) is 30.3 Å². The molecule has 2 aliphatic rings. The van der Waals surface area contributed by atoms with Crippen LogP contribution in [0.15, 0.2) is 53.5 Å². The van der Waals surface area contributed by atoms with Gasteiger partial charge in [0.25, 0.3) is 0 Å². The third-order valence-electron chi connectivity index (χ3n) is 5.31. The molecule has 0 unspecified atom stereocenters. The molecular weight excluding hydrogens is 312 g/mol. The minimum absolute atomic E-state index is 0.0749. The van der Waals surface area contributed by atoms with Crippen LogP contribution in [0.1, 0.15) is 24.0 Å². The van der Waals surface area contributed by atoms with E-state index in [0.29, 0.717) is 6.54 Å². The average molecular weight is 336 g/mol. The highest BCUT2D eigenvalue weighted by atomic mass is 16.5. The monoisotopic (exact) mass is 336 g/mol. The number of anilines is 1. The molecular formula is C21H24N2O2. The van der Waals surface area contributed by atoms with Gasteiger partial charge in [0, 0.05) is 24.3 Å². The van der Waals surface area contributed by atoms with E-state index in [1.807, 2.05) is 12.1 Å². The van der Waals surface area contributed by atoms with E-state index in [4.69, 9.17) is 14.5 Å². The van der Waals surface area contributed by atoms with Gasteiger partial charge in [0.05, 0.1) is 13.7 Å². The van der Waals surface area contributed by atoms with Crippen LogP contribution in [0.25, 0.3) is 0 Å². The zero-order valence-corrected chi connectivity index (χ0v) is 14.6. The Morgan fingerprint density at radius 3 is 2.80 bits per heavy atom. The number of nitrogens with zero attached hydrogens (tertiary/aromatic N) is 1. The minimum atomic E-state index is 0.0749. The van der Waals surface area contributed by atoms with Crippen molar-refractivity contribution >= 4 is 11.5 Å². The number of benzene rings is 2. The van der Waals surface area contributed by atoms with Gasteiger partial charge in [0.1, 0.15) is 11.6 Å². The second kappa shape index (κ2) is 6.89. The number of nitrogens with one attached hydrogen (secondary N) is 1. The van der Waals surface area contributed by atoms with Gasteiger partial charge in [-0.25, -0.2) is 0 Å². The highest BCUT2D eigenvalue weighted by Crippen LogP contribution is 2.41. The van der Waals surface area contributed by atoms with Crippen LogP contribution in [-0.2, 0) is 17.7 Å². The van der Waals surface area contributed by atoms with Gasteiger partial charge in [0.2, 0.25) is 0 Å². The number of para-hydroxylation sites is 1. The first-order valence-corrected chi connectivity index (χ1v) is 8.90. The van der Waals surface area contributed by atoms with Crippen LogP contribution in [0.2, 0.25) is 0 Å². The van der Waals surface area contributed by atoms with Crippen LogP contribution in [0.5, 0.6) is 5.75 Å². The Bertz CT molecular complexity index is 779. The van der Waals surface area contributed by atoms with Gasteiger partial charge in [-0.05, 0) is 48.6 Å². The Balaban J connectivity index is 1.65. The summed E-state index contributed by atoms with van der Waals surface area (Å²) in [5.74, 6) is 1.98. The van der Waals surface area contributed by atoms with Gasteiger partial charge in [-0.3, -0.25) is 4.99 Å². The van der Waals surface area contributed by atoms with E-state index < -0.39 is 0 Å². The van der Waals surface area contributed by atoms with Crippen molar-refractivity contribution in [2.24, 2.45) is 10.4 Å². The van der Waals surface area contributed by atoms with E-state index in [1.165, 1.54) is 11.3 Å². The first-order chi connectivity index (χ1) is 12.3. The Kier molecular flexibility index (Phi) is 4.45. The van der Waals surface area contributed by atoms with Crippen molar-refractivity contribution < 1.29 is 9.47 Å². The average Bonchev–Trinajstić information content (AvgIpc) is 2.67. The third kappa shape index (κ3) is 3.27. The third-order valence-corrected chi connectivity index (χ3v) is 5.31. The van der Waals surface area contributed by atoms with Crippen molar-refractivity contribution in [1.29, 1.82) is 0 Å². The lowest BCUT2D eigenvalue weighted by molar-refractivity contribution is 0.0448. The Morgan fingerprint density at radius 1 is 1.12 bits per heavy atom. The van der Waals surface area contributed by atoms with E-state index in [-0.39, 0.29) is 5.41 Å². The van der Waals surface area contributed by atoms with Crippen LogP contribution in [-0.4, -0.2) is 26.2 Å². The Labute approximate surface area is 148 Å². The fraction of sp³-hybridized carbons (Fsp3) is 0.381. The zero-order chi connectivity index (χ0) is 17.1. The molecule has 0 radical (unpaired) electrons. The second-order valence-electron chi connectivity index (χ2n) is 6.87. The fourth-order valence-electron chi connectivity index (χ4n) is 3.83. The molecule has 2 aliphatic heterocycles. The maximum absolute atomic E-state index is 5.63. The number of rotatable bonds is 3. The number of hydrogen-bond donors (Lipinski definition) is 1. The summed E-state index contributed by atoms with van der Waals surface area (Å²) in [6, 6.07) is 16.7. The first kappa shape index (κ1) is 16.2. The van der Waals surface area contributed by atoms with Crippen molar-refractivity contribution in [1.82, 2.24) is 0 Å². The molecule has 130 valence electrons. The van der Waals surface area contributed by atoms with Gasteiger partial charge in [-0.2, -0.15) is 0 Å². The molecule has 0 aromatic heterocycles. The number of ether oxygens (including phenoxy) is 2. The summed E-state index contributed by atoms with van der Waals surface area (Å²) in [7, 11) is 1.70. The highest BCUT2D eigenvalue weighted by molar-refractivity contribution is 6.02. The van der Waals surface area contributed by atoms with Crippen LogP contribution in [0.3, 0.4) is 0 Å². The van der Waals surface area contributed by atoms with Crippen molar-refractivity contribution in [2.75, 3.05) is 25.6 Å². The SMILES string of the molecule is COc1cccc(CN=C2Nc3ccccc3CC23CCOCC3)c1. The van der Waals surface area contributed by atoms with Crippen LogP contribution < -0.4 is 10.1 Å². The molecule has 0 saturated carbocycles. The molecule has 1 saturated heterocycles. The maximum atomic E-state index is 5.63. The van der Waals surface area contributed by atoms with Crippen molar-refractivity contribution in [3.63, 3.8) is 0 Å². The summed E-state index contributed by atoms with van der Waals surface area (Å²) in [6.45, 7) is 2.27. The molecule has 1 spiro atoms. The number of methoxy groups -OCH3 is 1.